The molecule has 0 saturated heterocycles. The first-order valence-electron chi connectivity index (χ1n) is 8.47. The minimum absolute atomic E-state index is 0.149. The monoisotopic (exact) mass is 390 g/mol. The van der Waals surface area contributed by atoms with E-state index in [9.17, 15) is 13.2 Å². The molecule has 0 radical (unpaired) electrons. The lowest BCUT2D eigenvalue weighted by Gasteiger charge is -2.19. The maximum absolute atomic E-state index is 12.3. The quantitative estimate of drug-likeness (QED) is 0.779. The molecular weight excluding hydrogens is 368 g/mol. The molecule has 0 atom stereocenters. The zero-order valence-electron chi connectivity index (χ0n) is 15.3. The number of benzene rings is 2. The van der Waals surface area contributed by atoms with Gasteiger partial charge in [0.15, 0.2) is 11.5 Å². The number of fused-ring (bicyclic) bond motifs is 1. The highest BCUT2D eigenvalue weighted by Gasteiger charge is 2.21. The molecular formula is C19H22N2O5S. The van der Waals surface area contributed by atoms with E-state index in [1.807, 2.05) is 37.3 Å². The van der Waals surface area contributed by atoms with Gasteiger partial charge in [0, 0.05) is 13.1 Å². The predicted molar refractivity (Wildman–Crippen MR) is 101 cm³/mol. The molecule has 27 heavy (non-hydrogen) atoms. The molecule has 1 amide bonds. The Hall–Kier alpha value is -2.58. The van der Waals surface area contributed by atoms with Crippen LogP contribution in [0.1, 0.15) is 16.7 Å². The Labute approximate surface area is 158 Å². The molecule has 2 aromatic rings. The molecule has 0 saturated carbocycles. The fourth-order valence-electron chi connectivity index (χ4n) is 2.66. The third-order valence-corrected chi connectivity index (χ3v) is 5.39. The van der Waals surface area contributed by atoms with Gasteiger partial charge in [-0.15, -0.1) is 0 Å². The van der Waals surface area contributed by atoms with Crippen LogP contribution in [0.4, 0.5) is 0 Å². The van der Waals surface area contributed by atoms with Gasteiger partial charge in [-0.1, -0.05) is 35.9 Å². The van der Waals surface area contributed by atoms with E-state index in [0.717, 1.165) is 27.3 Å². The second-order valence-electron chi connectivity index (χ2n) is 6.48. The third-order valence-electron chi connectivity index (χ3n) is 4.20. The van der Waals surface area contributed by atoms with Crippen LogP contribution in [0.25, 0.3) is 0 Å². The normalized spacial score (nSPS) is 13.0. The molecule has 8 heteroatoms. The second kappa shape index (κ2) is 7.98. The van der Waals surface area contributed by atoms with Gasteiger partial charge in [-0.3, -0.25) is 4.79 Å². The number of nitrogens with zero attached hydrogens (tertiary/aromatic N) is 1. The van der Waals surface area contributed by atoms with Crippen molar-refractivity contribution in [1.82, 2.24) is 9.62 Å². The zero-order valence-corrected chi connectivity index (χ0v) is 16.1. The van der Waals surface area contributed by atoms with E-state index >= 15 is 0 Å². The van der Waals surface area contributed by atoms with Crippen LogP contribution in [0.15, 0.2) is 42.5 Å². The van der Waals surface area contributed by atoms with E-state index in [4.69, 9.17) is 9.47 Å². The molecule has 3 rings (SSSR count). The standard InChI is InChI=1S/C19H22N2O5S/c1-14-3-5-15(6-4-14)11-21(27(2,23)24)12-19(22)20-10-16-7-8-17-18(9-16)26-13-25-17/h3-9H,10-13H2,1-2H3,(H,20,22). The number of nitrogens with one attached hydrogen (secondary N) is 1. The molecule has 1 N–H and O–H groups in total. The summed E-state index contributed by atoms with van der Waals surface area (Å²) in [7, 11) is -3.52. The second-order valence-corrected chi connectivity index (χ2v) is 8.46. The van der Waals surface area contributed by atoms with Crippen molar-refractivity contribution in [3.63, 3.8) is 0 Å². The lowest BCUT2D eigenvalue weighted by molar-refractivity contribution is -0.121. The number of hydrogen-bond donors (Lipinski definition) is 1. The first kappa shape index (κ1) is 19.2. The summed E-state index contributed by atoms with van der Waals surface area (Å²) in [5.74, 6) is 0.940. The van der Waals surface area contributed by atoms with Gasteiger partial charge < -0.3 is 14.8 Å². The molecule has 2 aromatic carbocycles. The van der Waals surface area contributed by atoms with E-state index in [0.29, 0.717) is 11.5 Å². The van der Waals surface area contributed by atoms with E-state index in [-0.39, 0.29) is 32.3 Å². The van der Waals surface area contributed by atoms with Gasteiger partial charge in [0.05, 0.1) is 12.8 Å². The summed E-state index contributed by atoms with van der Waals surface area (Å²) in [6.07, 6.45) is 1.10. The van der Waals surface area contributed by atoms with Gasteiger partial charge in [0.1, 0.15) is 0 Å². The number of ether oxygens (including phenoxy) is 2. The number of hydrogen-bond acceptors (Lipinski definition) is 5. The Bertz CT molecular complexity index is 926. The Balaban J connectivity index is 1.60. The molecule has 7 nitrogen and oxygen atoms in total. The number of carbonyl (C=O) groups excluding carboxylic acids is 1. The Morgan fingerprint density at radius 1 is 1.07 bits per heavy atom. The van der Waals surface area contributed by atoms with Crippen molar-refractivity contribution in [2.45, 2.75) is 20.0 Å². The van der Waals surface area contributed by atoms with E-state index < -0.39 is 10.0 Å². The Morgan fingerprint density at radius 2 is 1.74 bits per heavy atom. The Kier molecular flexibility index (Phi) is 5.67. The lowest BCUT2D eigenvalue weighted by Crippen LogP contribution is -2.39. The van der Waals surface area contributed by atoms with Gasteiger partial charge in [-0.2, -0.15) is 4.31 Å². The molecule has 0 spiro atoms. The van der Waals surface area contributed by atoms with Crippen molar-refractivity contribution in [3.8, 4) is 11.5 Å². The van der Waals surface area contributed by atoms with Crippen LogP contribution in [0.3, 0.4) is 0 Å². The van der Waals surface area contributed by atoms with Crippen LogP contribution in [-0.2, 0) is 27.9 Å². The highest BCUT2D eigenvalue weighted by Crippen LogP contribution is 2.32. The van der Waals surface area contributed by atoms with Crippen LogP contribution in [-0.4, -0.2) is 38.2 Å². The molecule has 1 aliphatic rings. The average molecular weight is 390 g/mol. The maximum Gasteiger partial charge on any atom is 0.235 e. The fraction of sp³-hybridized carbons (Fsp3) is 0.316. The third kappa shape index (κ3) is 5.21. The molecule has 0 fully saturated rings. The number of rotatable bonds is 7. The van der Waals surface area contributed by atoms with Crippen molar-refractivity contribution in [2.75, 3.05) is 19.6 Å². The van der Waals surface area contributed by atoms with E-state index in [2.05, 4.69) is 5.32 Å². The molecule has 0 aliphatic carbocycles. The number of amides is 1. The molecule has 1 aliphatic heterocycles. The first-order valence-corrected chi connectivity index (χ1v) is 10.3. The summed E-state index contributed by atoms with van der Waals surface area (Å²) in [5, 5.41) is 2.75. The summed E-state index contributed by atoms with van der Waals surface area (Å²) in [4.78, 5) is 12.3. The number of sulfonamides is 1. The average Bonchev–Trinajstić information content (AvgIpc) is 3.08. The summed E-state index contributed by atoms with van der Waals surface area (Å²) >= 11 is 0. The molecule has 0 aromatic heterocycles. The van der Waals surface area contributed by atoms with E-state index in [1.54, 1.807) is 12.1 Å². The van der Waals surface area contributed by atoms with Crippen LogP contribution in [0, 0.1) is 6.92 Å². The number of carbonyl (C=O) groups is 1. The van der Waals surface area contributed by atoms with Crippen molar-refractivity contribution in [1.29, 1.82) is 0 Å². The van der Waals surface area contributed by atoms with Gasteiger partial charge in [-0.25, -0.2) is 8.42 Å². The van der Waals surface area contributed by atoms with Crippen LogP contribution < -0.4 is 14.8 Å². The maximum atomic E-state index is 12.3. The fourth-order valence-corrected chi connectivity index (χ4v) is 3.39. The van der Waals surface area contributed by atoms with Crippen molar-refractivity contribution in [3.05, 3.63) is 59.2 Å². The topological polar surface area (TPSA) is 84.9 Å². The minimum atomic E-state index is -3.52. The van der Waals surface area contributed by atoms with Gasteiger partial charge in [-0.05, 0) is 30.2 Å². The Morgan fingerprint density at radius 3 is 2.44 bits per heavy atom. The summed E-state index contributed by atoms with van der Waals surface area (Å²) in [5.41, 5.74) is 2.76. The predicted octanol–water partition coefficient (Wildman–Crippen LogP) is 1.80. The van der Waals surface area contributed by atoms with Crippen molar-refractivity contribution >= 4 is 15.9 Å². The van der Waals surface area contributed by atoms with Crippen LogP contribution in [0.2, 0.25) is 0 Å². The molecule has 1 heterocycles. The lowest BCUT2D eigenvalue weighted by atomic mass is 10.1. The highest BCUT2D eigenvalue weighted by molar-refractivity contribution is 7.88. The molecule has 0 unspecified atom stereocenters. The van der Waals surface area contributed by atoms with E-state index in [1.165, 1.54) is 0 Å². The van der Waals surface area contributed by atoms with Gasteiger partial charge in [0.25, 0.3) is 0 Å². The molecule has 144 valence electrons. The van der Waals surface area contributed by atoms with Crippen molar-refractivity contribution < 1.29 is 22.7 Å². The van der Waals surface area contributed by atoms with Crippen molar-refractivity contribution in [2.24, 2.45) is 0 Å². The van der Waals surface area contributed by atoms with Crippen LogP contribution in [0.5, 0.6) is 11.5 Å². The largest absolute Gasteiger partial charge is 0.454 e. The smallest absolute Gasteiger partial charge is 0.235 e. The van der Waals surface area contributed by atoms with Gasteiger partial charge in [0.2, 0.25) is 22.7 Å². The van der Waals surface area contributed by atoms with Crippen LogP contribution >= 0.6 is 0 Å². The molecule has 0 bridgehead atoms. The van der Waals surface area contributed by atoms with Gasteiger partial charge >= 0.3 is 0 Å². The summed E-state index contributed by atoms with van der Waals surface area (Å²) in [6, 6.07) is 12.9. The first-order chi connectivity index (χ1) is 12.8. The SMILES string of the molecule is Cc1ccc(CN(CC(=O)NCc2ccc3c(c2)OCO3)S(C)(=O)=O)cc1. The summed E-state index contributed by atoms with van der Waals surface area (Å²) < 4.78 is 35.8. The number of aryl methyl sites for hydroxylation is 1. The highest BCUT2D eigenvalue weighted by atomic mass is 32.2. The summed E-state index contributed by atoms with van der Waals surface area (Å²) in [6.45, 7) is 2.33. The zero-order chi connectivity index (χ0) is 19.4. The minimum Gasteiger partial charge on any atom is -0.454 e.